The van der Waals surface area contributed by atoms with Gasteiger partial charge in [-0.05, 0) is 17.7 Å². The number of phenolic OH excluding ortho intramolecular Hbond substituents is 1. The van der Waals surface area contributed by atoms with E-state index in [0.29, 0.717) is 16.5 Å². The maximum Gasteiger partial charge on any atom is 0.326 e. The number of nitrogens with one attached hydrogen (secondary N) is 2. The highest BCUT2D eigenvalue weighted by atomic mass is 79.9. The minimum Gasteiger partial charge on any atom is -0.506 e. The molecule has 0 fully saturated rings. The third-order valence-electron chi connectivity index (χ3n) is 2.94. The van der Waals surface area contributed by atoms with Crippen LogP contribution >= 0.6 is 15.9 Å². The van der Waals surface area contributed by atoms with Gasteiger partial charge in [-0.15, -0.1) is 0 Å². The Morgan fingerprint density at radius 2 is 2.15 bits per heavy atom. The average molecular weight is 341 g/mol. The number of H-pyrrole nitrogens is 1. The van der Waals surface area contributed by atoms with Crippen molar-refractivity contribution in [1.82, 2.24) is 10.3 Å². The molecule has 0 aliphatic carbocycles. The Morgan fingerprint density at radius 1 is 1.45 bits per heavy atom. The maximum absolute atomic E-state index is 11.2. The summed E-state index contributed by atoms with van der Waals surface area (Å²) < 4.78 is 0.744. The van der Waals surface area contributed by atoms with Gasteiger partial charge in [0.25, 0.3) is 0 Å². The first-order chi connectivity index (χ1) is 9.40. The number of aliphatic carboxylic acids is 1. The number of halogens is 1. The summed E-state index contributed by atoms with van der Waals surface area (Å²) >= 11 is 3.37. The number of phenols is 1. The molecule has 2 rings (SSSR count). The van der Waals surface area contributed by atoms with Crippen LogP contribution in [0.4, 0.5) is 0 Å². The number of aromatic hydroxyl groups is 1. The van der Waals surface area contributed by atoms with E-state index < -0.39 is 17.9 Å². The van der Waals surface area contributed by atoms with Gasteiger partial charge in [-0.2, -0.15) is 0 Å². The van der Waals surface area contributed by atoms with Crippen molar-refractivity contribution in [3.63, 3.8) is 0 Å². The molecule has 1 heterocycles. The minimum absolute atomic E-state index is 0.0841. The summed E-state index contributed by atoms with van der Waals surface area (Å²) in [7, 11) is 0. The van der Waals surface area contributed by atoms with Crippen LogP contribution in [-0.4, -0.2) is 33.1 Å². The fraction of sp³-hybridized carbons (Fsp3) is 0.231. The van der Waals surface area contributed by atoms with Crippen LogP contribution in [0.25, 0.3) is 10.9 Å². The topological polar surface area (TPSA) is 102 Å². The van der Waals surface area contributed by atoms with Crippen molar-refractivity contribution < 1.29 is 19.8 Å². The third-order valence-corrected chi connectivity index (χ3v) is 3.60. The molecule has 0 bridgehead atoms. The molecule has 20 heavy (non-hydrogen) atoms. The van der Waals surface area contributed by atoms with Crippen LogP contribution in [0.15, 0.2) is 22.8 Å². The molecule has 1 atom stereocenters. The third kappa shape index (κ3) is 2.77. The zero-order valence-electron chi connectivity index (χ0n) is 10.6. The molecule has 0 radical (unpaired) electrons. The second-order valence-corrected chi connectivity index (χ2v) is 5.28. The van der Waals surface area contributed by atoms with E-state index in [0.717, 1.165) is 4.47 Å². The molecule has 1 amide bonds. The zero-order chi connectivity index (χ0) is 14.9. The van der Waals surface area contributed by atoms with Crippen LogP contribution in [0.1, 0.15) is 12.5 Å². The van der Waals surface area contributed by atoms with Crippen molar-refractivity contribution in [2.75, 3.05) is 0 Å². The lowest BCUT2D eigenvalue weighted by Gasteiger charge is -2.12. The van der Waals surface area contributed by atoms with Gasteiger partial charge in [-0.3, -0.25) is 4.79 Å². The first-order valence-corrected chi connectivity index (χ1v) is 6.66. The molecule has 106 valence electrons. The van der Waals surface area contributed by atoms with E-state index in [1.54, 1.807) is 12.3 Å². The lowest BCUT2D eigenvalue weighted by atomic mass is 10.0. The average Bonchev–Trinajstić information content (AvgIpc) is 2.77. The van der Waals surface area contributed by atoms with E-state index in [2.05, 4.69) is 26.2 Å². The monoisotopic (exact) mass is 340 g/mol. The number of hydrogen-bond acceptors (Lipinski definition) is 3. The number of hydrogen-bond donors (Lipinski definition) is 4. The molecule has 0 aliphatic heterocycles. The Hall–Kier alpha value is -2.02. The van der Waals surface area contributed by atoms with Crippen LogP contribution in [0, 0.1) is 0 Å². The Bertz CT molecular complexity index is 680. The van der Waals surface area contributed by atoms with Crippen LogP contribution in [-0.2, 0) is 16.0 Å². The van der Waals surface area contributed by atoms with E-state index in [1.807, 2.05) is 0 Å². The Kier molecular flexibility index (Phi) is 3.99. The van der Waals surface area contributed by atoms with Gasteiger partial charge in [-0.1, -0.05) is 15.9 Å². The van der Waals surface area contributed by atoms with Crippen molar-refractivity contribution in [2.45, 2.75) is 19.4 Å². The lowest BCUT2D eigenvalue weighted by Crippen LogP contribution is -2.41. The number of carboxylic acids is 1. The molecule has 1 aromatic carbocycles. The summed E-state index contributed by atoms with van der Waals surface area (Å²) in [5.41, 5.74) is 1.23. The standard InChI is InChI=1S/C13H13BrN2O4/c1-6(17)16-9(13(19)20)4-7-5-15-12-10(18)3-2-8(14)11(7)12/h2-3,5,9,15,18H,4H2,1H3,(H,16,17)(H,19,20). The molecule has 1 aromatic heterocycles. The molecule has 6 nitrogen and oxygen atoms in total. The molecule has 0 saturated heterocycles. The summed E-state index contributed by atoms with van der Waals surface area (Å²) in [6.07, 6.45) is 1.75. The highest BCUT2D eigenvalue weighted by molar-refractivity contribution is 9.10. The van der Waals surface area contributed by atoms with Crippen molar-refractivity contribution in [3.05, 3.63) is 28.4 Å². The number of rotatable bonds is 4. The summed E-state index contributed by atoms with van der Waals surface area (Å²) in [5, 5.41) is 22.0. The number of carboxylic acid groups (broad SMARTS) is 1. The summed E-state index contributed by atoms with van der Waals surface area (Å²) in [5.74, 6) is -1.43. The number of aromatic amines is 1. The largest absolute Gasteiger partial charge is 0.506 e. The van der Waals surface area contributed by atoms with Crippen molar-refractivity contribution in [2.24, 2.45) is 0 Å². The van der Waals surface area contributed by atoms with Gasteiger partial charge in [0.15, 0.2) is 0 Å². The summed E-state index contributed by atoms with van der Waals surface area (Å²) in [6, 6.07) is 2.21. The highest BCUT2D eigenvalue weighted by Crippen LogP contribution is 2.33. The van der Waals surface area contributed by atoms with Crippen molar-refractivity contribution >= 4 is 38.7 Å². The number of aromatic nitrogens is 1. The second kappa shape index (κ2) is 5.54. The van der Waals surface area contributed by atoms with Crippen LogP contribution in [0.5, 0.6) is 5.75 Å². The SMILES string of the molecule is CC(=O)NC(Cc1c[nH]c2c(O)ccc(Br)c12)C(=O)O. The van der Waals surface area contributed by atoms with Crippen LogP contribution in [0.2, 0.25) is 0 Å². The Balaban J connectivity index is 2.40. The fourth-order valence-corrected chi connectivity index (χ4v) is 2.67. The van der Waals surface area contributed by atoms with Crippen molar-refractivity contribution in [1.29, 1.82) is 0 Å². The van der Waals surface area contributed by atoms with E-state index in [-0.39, 0.29) is 12.2 Å². The number of benzene rings is 1. The molecule has 4 N–H and O–H groups in total. The lowest BCUT2D eigenvalue weighted by molar-refractivity contribution is -0.141. The second-order valence-electron chi connectivity index (χ2n) is 4.43. The quantitative estimate of drug-likeness (QED) is 0.681. The van der Waals surface area contributed by atoms with E-state index in [9.17, 15) is 14.7 Å². The van der Waals surface area contributed by atoms with Gasteiger partial charge in [0.05, 0.1) is 5.52 Å². The Morgan fingerprint density at radius 3 is 2.75 bits per heavy atom. The molecule has 0 saturated carbocycles. The van der Waals surface area contributed by atoms with Gasteiger partial charge < -0.3 is 20.5 Å². The zero-order valence-corrected chi connectivity index (χ0v) is 12.2. The normalized spacial score (nSPS) is 12.3. The smallest absolute Gasteiger partial charge is 0.326 e. The molecular formula is C13H13BrN2O4. The number of amides is 1. The van der Waals surface area contributed by atoms with Gasteiger partial charge >= 0.3 is 5.97 Å². The number of fused-ring (bicyclic) bond motifs is 1. The first-order valence-electron chi connectivity index (χ1n) is 5.87. The molecule has 1 unspecified atom stereocenters. The maximum atomic E-state index is 11.2. The fourth-order valence-electron chi connectivity index (χ4n) is 2.08. The minimum atomic E-state index is -1.11. The molecular weight excluding hydrogens is 328 g/mol. The highest BCUT2D eigenvalue weighted by Gasteiger charge is 2.21. The van der Waals surface area contributed by atoms with Gasteiger partial charge in [0, 0.05) is 29.4 Å². The number of carbonyl (C=O) groups is 2. The summed E-state index contributed by atoms with van der Waals surface area (Å²) in [4.78, 5) is 25.1. The predicted molar refractivity (Wildman–Crippen MR) is 76.6 cm³/mol. The van der Waals surface area contributed by atoms with E-state index in [4.69, 9.17) is 5.11 Å². The predicted octanol–water partition coefficient (Wildman–Crippen LogP) is 1.77. The van der Waals surface area contributed by atoms with Crippen LogP contribution < -0.4 is 5.32 Å². The van der Waals surface area contributed by atoms with Gasteiger partial charge in [0.1, 0.15) is 11.8 Å². The first kappa shape index (κ1) is 14.4. The molecule has 2 aromatic rings. The molecule has 7 heteroatoms. The van der Waals surface area contributed by atoms with Crippen LogP contribution in [0.3, 0.4) is 0 Å². The summed E-state index contributed by atoms with van der Waals surface area (Å²) in [6.45, 7) is 1.27. The van der Waals surface area contributed by atoms with E-state index in [1.165, 1.54) is 13.0 Å². The number of carbonyl (C=O) groups excluding carboxylic acids is 1. The van der Waals surface area contributed by atoms with Gasteiger partial charge in [-0.25, -0.2) is 4.79 Å². The molecule has 0 aliphatic rings. The van der Waals surface area contributed by atoms with E-state index >= 15 is 0 Å². The Labute approximate surface area is 122 Å². The molecule has 0 spiro atoms. The van der Waals surface area contributed by atoms with Crippen molar-refractivity contribution in [3.8, 4) is 5.75 Å². The van der Waals surface area contributed by atoms with Gasteiger partial charge in [0.2, 0.25) is 5.91 Å².